The van der Waals surface area contributed by atoms with Crippen LogP contribution in [0, 0.1) is 0 Å². The number of hydrogen-bond acceptors (Lipinski definition) is 3. The Bertz CT molecular complexity index is 465. The molecule has 0 aliphatic heterocycles. The van der Waals surface area contributed by atoms with Crippen LogP contribution in [-0.4, -0.2) is 58.1 Å². The Hall–Kier alpha value is 2.36. The van der Waals surface area contributed by atoms with Gasteiger partial charge in [-0.25, -0.2) is 0 Å². The second-order valence-corrected chi connectivity index (χ2v) is 34.0. The van der Waals surface area contributed by atoms with E-state index in [9.17, 15) is 4.80 Å². The third-order valence-corrected chi connectivity index (χ3v) is 24.5. The summed E-state index contributed by atoms with van der Waals surface area (Å²) < 4.78 is 21.4. The standard InChI is InChI=1S/C20H48Br3O4Si5/c1-28(2,24)16-12-20-32(25-29(3,4)17-9-13-21,26-30(5,6)18-10-14-22)27-31(7,8)19-11-15-23/h9-20H2,1-8H3. The molecule has 0 aliphatic carbocycles. The van der Waals surface area contributed by atoms with Crippen molar-refractivity contribution in [3.63, 3.8) is 0 Å². The minimum Gasteiger partial charge on any atom is -0.417 e. The van der Waals surface area contributed by atoms with Gasteiger partial charge in [0.05, 0.1) is 0 Å². The fourth-order valence-electron chi connectivity index (χ4n) is 3.84. The molecule has 0 atom stereocenters. The third-order valence-electron chi connectivity index (χ3n) is 5.29. The fourth-order valence-corrected chi connectivity index (χ4v) is 25.5. The molecule has 0 spiro atoms. The van der Waals surface area contributed by atoms with E-state index in [4.69, 9.17) is 12.3 Å². The summed E-state index contributed by atoms with van der Waals surface area (Å²) in [7, 11) is -11.2. The van der Waals surface area contributed by atoms with E-state index in [1.165, 1.54) is 0 Å². The van der Waals surface area contributed by atoms with Crippen LogP contribution in [0.25, 0.3) is 0 Å². The Balaban J connectivity index is 6.06. The van der Waals surface area contributed by atoms with Crippen LogP contribution in [0.1, 0.15) is 25.7 Å². The molecule has 12 heteroatoms. The number of hydrogen-bond donors (Lipinski definition) is 0. The van der Waals surface area contributed by atoms with E-state index in [0.717, 1.165) is 71.9 Å². The zero-order valence-electron chi connectivity index (χ0n) is 21.8. The molecule has 0 saturated heterocycles. The molecule has 0 rings (SSSR count). The molecule has 32 heavy (non-hydrogen) atoms. The molecule has 0 bridgehead atoms. The zero-order valence-corrected chi connectivity index (χ0v) is 31.5. The normalized spacial score (nSPS) is 14.2. The predicted octanol–water partition coefficient (Wildman–Crippen LogP) is 8.97. The minimum absolute atomic E-state index is 0.758. The molecular formula is C20H48Br3O4Si5. The van der Waals surface area contributed by atoms with Crippen molar-refractivity contribution in [1.29, 1.82) is 0 Å². The van der Waals surface area contributed by atoms with Crippen molar-refractivity contribution in [2.75, 3.05) is 16.0 Å². The van der Waals surface area contributed by atoms with Gasteiger partial charge in [-0.15, -0.1) is 0 Å². The molecule has 0 heterocycles. The molecule has 0 aliphatic rings. The summed E-state index contributed by atoms with van der Waals surface area (Å²) in [5.74, 6) is 0. The van der Waals surface area contributed by atoms with E-state index < -0.39 is 42.1 Å². The Morgan fingerprint density at radius 3 is 1.06 bits per heavy atom. The van der Waals surface area contributed by atoms with Crippen LogP contribution < -0.4 is 0 Å². The SMILES string of the molecule is C[Si](C)([O])CCC[Si](O[Si](C)(C)CCCBr)(O[Si](C)(C)CCCBr)O[Si](C)(C)CCCBr. The lowest BCUT2D eigenvalue weighted by Gasteiger charge is -2.45. The van der Waals surface area contributed by atoms with Gasteiger partial charge in [-0.3, -0.25) is 4.80 Å². The first-order valence-electron chi connectivity index (χ1n) is 12.0. The molecule has 0 aromatic carbocycles. The highest BCUT2D eigenvalue weighted by Crippen LogP contribution is 2.35. The summed E-state index contributed by atoms with van der Waals surface area (Å²) in [6.07, 6.45) is 4.20. The van der Waals surface area contributed by atoms with Crippen LogP contribution in [0.5, 0.6) is 0 Å². The van der Waals surface area contributed by atoms with Crippen molar-refractivity contribution in [2.45, 2.75) is 108 Å². The van der Waals surface area contributed by atoms with Crippen LogP contribution >= 0.6 is 47.8 Å². The van der Waals surface area contributed by atoms with Crippen molar-refractivity contribution in [3.8, 4) is 0 Å². The summed E-state index contributed by atoms with van der Waals surface area (Å²) in [4.78, 5) is 12.5. The zero-order chi connectivity index (χ0) is 25.1. The maximum atomic E-state index is 12.5. The molecule has 0 aromatic rings. The lowest BCUT2D eigenvalue weighted by atomic mass is 10.6. The Morgan fingerprint density at radius 1 is 0.500 bits per heavy atom. The topological polar surface area (TPSA) is 47.6 Å². The predicted molar refractivity (Wildman–Crippen MR) is 164 cm³/mol. The maximum absolute atomic E-state index is 12.5. The van der Waals surface area contributed by atoms with Gasteiger partial charge in [0.25, 0.3) is 0 Å². The summed E-state index contributed by atoms with van der Waals surface area (Å²) in [5.41, 5.74) is 0. The Labute approximate surface area is 229 Å². The van der Waals surface area contributed by atoms with Crippen LogP contribution in [-0.2, 0) is 17.1 Å². The molecule has 193 valence electrons. The van der Waals surface area contributed by atoms with Gasteiger partial charge in [0.1, 0.15) is 0 Å². The van der Waals surface area contributed by atoms with Gasteiger partial charge in [-0.05, 0) is 102 Å². The van der Waals surface area contributed by atoms with Gasteiger partial charge >= 0.3 is 8.80 Å². The first kappa shape index (κ1) is 34.4. The summed E-state index contributed by atoms with van der Waals surface area (Å²) in [6.45, 7) is 17.7. The summed E-state index contributed by atoms with van der Waals surface area (Å²) >= 11 is 10.8. The molecular weight excluding hydrogens is 684 g/mol. The van der Waals surface area contributed by atoms with Crippen molar-refractivity contribution in [2.24, 2.45) is 0 Å². The van der Waals surface area contributed by atoms with Crippen LogP contribution in [0.15, 0.2) is 0 Å². The molecule has 0 amide bonds. The van der Waals surface area contributed by atoms with E-state index in [0.29, 0.717) is 0 Å². The second-order valence-electron chi connectivity index (χ2n) is 11.3. The third kappa shape index (κ3) is 16.9. The van der Waals surface area contributed by atoms with Gasteiger partial charge in [0.2, 0.25) is 8.32 Å². The van der Waals surface area contributed by atoms with Gasteiger partial charge in [-0.1, -0.05) is 47.8 Å². The largest absolute Gasteiger partial charge is 0.469 e. The number of rotatable bonds is 19. The van der Waals surface area contributed by atoms with E-state index in [1.807, 2.05) is 13.1 Å². The lowest BCUT2D eigenvalue weighted by Crippen LogP contribution is -2.62. The van der Waals surface area contributed by atoms with E-state index in [2.05, 4.69) is 87.1 Å². The average Bonchev–Trinajstić information content (AvgIpc) is 2.60. The highest BCUT2D eigenvalue weighted by Gasteiger charge is 2.52. The smallest absolute Gasteiger partial charge is 0.417 e. The molecule has 0 unspecified atom stereocenters. The van der Waals surface area contributed by atoms with Crippen molar-refractivity contribution >= 4 is 89.9 Å². The highest BCUT2D eigenvalue weighted by molar-refractivity contribution is 9.09. The van der Waals surface area contributed by atoms with E-state index in [1.54, 1.807) is 0 Å². The lowest BCUT2D eigenvalue weighted by molar-refractivity contribution is 0.246. The summed E-state index contributed by atoms with van der Waals surface area (Å²) in [6, 6.07) is 4.83. The van der Waals surface area contributed by atoms with E-state index in [-0.39, 0.29) is 0 Å². The van der Waals surface area contributed by atoms with Gasteiger partial charge in [0, 0.05) is 22.0 Å². The van der Waals surface area contributed by atoms with E-state index >= 15 is 0 Å². The second kappa shape index (κ2) is 15.6. The molecule has 0 N–H and O–H groups in total. The van der Waals surface area contributed by atoms with Crippen molar-refractivity contribution < 1.29 is 17.1 Å². The average molecular weight is 733 g/mol. The fraction of sp³-hybridized carbons (Fsp3) is 1.00. The molecule has 0 saturated carbocycles. The monoisotopic (exact) mass is 729 g/mol. The van der Waals surface area contributed by atoms with Crippen molar-refractivity contribution in [1.82, 2.24) is 0 Å². The first-order chi connectivity index (χ1) is 14.5. The Kier molecular flexibility index (Phi) is 16.7. The first-order valence-corrected chi connectivity index (χ1v) is 29.8. The van der Waals surface area contributed by atoms with Crippen LogP contribution in [0.2, 0.25) is 82.6 Å². The van der Waals surface area contributed by atoms with Gasteiger partial charge in [0.15, 0.2) is 25.0 Å². The highest BCUT2D eigenvalue weighted by atomic mass is 79.9. The molecule has 0 fully saturated rings. The minimum atomic E-state index is -2.93. The van der Waals surface area contributed by atoms with Crippen LogP contribution in [0.4, 0.5) is 0 Å². The van der Waals surface area contributed by atoms with Crippen molar-refractivity contribution in [3.05, 3.63) is 0 Å². The van der Waals surface area contributed by atoms with Crippen LogP contribution in [0.3, 0.4) is 0 Å². The van der Waals surface area contributed by atoms with Gasteiger partial charge in [-0.2, -0.15) is 0 Å². The summed E-state index contributed by atoms with van der Waals surface area (Å²) in [5, 5.41) is 2.99. The quantitative estimate of drug-likeness (QED) is 0.0985. The Morgan fingerprint density at radius 2 is 0.812 bits per heavy atom. The van der Waals surface area contributed by atoms with Gasteiger partial charge < -0.3 is 12.3 Å². The molecule has 1 radical (unpaired) electrons. The molecule has 4 nitrogen and oxygen atoms in total. The number of halogens is 3. The maximum Gasteiger partial charge on any atom is 0.469 e. The molecule has 0 aromatic heterocycles. The number of alkyl halides is 3.